The van der Waals surface area contributed by atoms with Crippen LogP contribution in [0.5, 0.6) is 5.75 Å². The normalized spacial score (nSPS) is 11.2. The molecule has 138 valence electrons. The molecule has 0 aliphatic carbocycles. The number of aryl methyl sites for hydroxylation is 1. The van der Waals surface area contributed by atoms with Crippen molar-refractivity contribution < 1.29 is 27.8 Å². The Kier molecular flexibility index (Phi) is 6.27. The molecule has 0 unspecified atom stereocenters. The number of esters is 1. The van der Waals surface area contributed by atoms with E-state index < -0.39 is 12.6 Å². The smallest absolute Gasteiger partial charge is 0.387 e. The third-order valence-corrected chi connectivity index (χ3v) is 3.94. The Balaban J connectivity index is 1.89. The van der Waals surface area contributed by atoms with Crippen LogP contribution in [0.25, 0.3) is 6.08 Å². The number of hydrogen-bond acceptors (Lipinski definition) is 4. The molecule has 0 aliphatic rings. The number of carbonyl (C=O) groups excluding carboxylic acids is 2. The summed E-state index contributed by atoms with van der Waals surface area (Å²) in [6, 6.07) is 7.51. The van der Waals surface area contributed by atoms with E-state index in [1.54, 1.807) is 6.07 Å². The quantitative estimate of drug-likeness (QED) is 0.428. The van der Waals surface area contributed by atoms with Gasteiger partial charge in [0.05, 0.1) is 0 Å². The number of aromatic nitrogens is 1. The summed E-state index contributed by atoms with van der Waals surface area (Å²) < 4.78 is 35.2. The second-order valence-corrected chi connectivity index (χ2v) is 5.66. The van der Waals surface area contributed by atoms with E-state index in [1.165, 1.54) is 36.4 Å². The van der Waals surface area contributed by atoms with E-state index in [0.29, 0.717) is 11.1 Å². The van der Waals surface area contributed by atoms with Gasteiger partial charge < -0.3 is 14.0 Å². The van der Waals surface area contributed by atoms with E-state index in [4.69, 9.17) is 4.74 Å². The molecule has 0 atom stereocenters. The number of alkyl halides is 2. The zero-order valence-electron chi connectivity index (χ0n) is 14.7. The van der Waals surface area contributed by atoms with Gasteiger partial charge in [-0.3, -0.25) is 4.79 Å². The highest BCUT2D eigenvalue weighted by Crippen LogP contribution is 2.16. The van der Waals surface area contributed by atoms with Crippen molar-refractivity contribution in [3.63, 3.8) is 0 Å². The lowest BCUT2D eigenvalue weighted by atomic mass is 10.1. The van der Waals surface area contributed by atoms with Crippen LogP contribution in [0.15, 0.2) is 36.4 Å². The number of carbonyl (C=O) groups is 2. The Morgan fingerprint density at radius 3 is 2.38 bits per heavy atom. The van der Waals surface area contributed by atoms with E-state index in [0.717, 1.165) is 11.4 Å². The number of hydrogen-bond donors (Lipinski definition) is 0. The number of benzene rings is 1. The molecule has 0 spiro atoms. The molecule has 2 aromatic rings. The van der Waals surface area contributed by atoms with Gasteiger partial charge in [-0.15, -0.1) is 0 Å². The predicted octanol–water partition coefficient (Wildman–Crippen LogP) is 3.68. The van der Waals surface area contributed by atoms with Crippen LogP contribution in [0, 0.1) is 13.8 Å². The molecule has 5 nitrogen and oxygen atoms in total. The Hall–Kier alpha value is -2.96. The number of ketones is 1. The zero-order valence-corrected chi connectivity index (χ0v) is 14.7. The molecule has 0 bridgehead atoms. The van der Waals surface area contributed by atoms with Crippen LogP contribution in [0.4, 0.5) is 8.78 Å². The average molecular weight is 363 g/mol. The van der Waals surface area contributed by atoms with Crippen molar-refractivity contribution in [1.29, 1.82) is 0 Å². The molecule has 0 N–H and O–H groups in total. The minimum absolute atomic E-state index is 0.0267. The lowest BCUT2D eigenvalue weighted by Gasteiger charge is -2.04. The highest BCUT2D eigenvalue weighted by molar-refractivity contribution is 6.00. The third kappa shape index (κ3) is 5.02. The molecule has 2 rings (SSSR count). The van der Waals surface area contributed by atoms with Crippen LogP contribution in [0.1, 0.15) is 27.3 Å². The van der Waals surface area contributed by atoms with Gasteiger partial charge in [-0.1, -0.05) is 12.1 Å². The van der Waals surface area contributed by atoms with Crippen LogP contribution in [-0.4, -0.2) is 29.5 Å². The first-order chi connectivity index (χ1) is 12.3. The standard InChI is InChI=1S/C19H19F2NO4/c1-12-10-16(13(2)22(12)3)17(23)11-25-18(24)9-6-14-4-7-15(8-5-14)26-19(20)21/h4-10,19H,11H2,1-3H3/b9-6+. The monoisotopic (exact) mass is 363 g/mol. The van der Waals surface area contributed by atoms with Gasteiger partial charge in [-0.05, 0) is 43.7 Å². The average Bonchev–Trinajstić information content (AvgIpc) is 2.86. The van der Waals surface area contributed by atoms with Crippen LogP contribution in [-0.2, 0) is 16.6 Å². The number of nitrogens with zero attached hydrogens (tertiary/aromatic N) is 1. The lowest BCUT2D eigenvalue weighted by Crippen LogP contribution is -2.13. The molecule has 0 radical (unpaired) electrons. The van der Waals surface area contributed by atoms with Crippen LogP contribution < -0.4 is 4.74 Å². The molecule has 0 saturated heterocycles. The fourth-order valence-corrected chi connectivity index (χ4v) is 2.32. The van der Waals surface area contributed by atoms with Gasteiger partial charge in [0.15, 0.2) is 6.61 Å². The van der Waals surface area contributed by atoms with Crippen LogP contribution >= 0.6 is 0 Å². The van der Waals surface area contributed by atoms with Gasteiger partial charge in [-0.25, -0.2) is 4.79 Å². The zero-order chi connectivity index (χ0) is 19.3. The van der Waals surface area contributed by atoms with Crippen molar-refractivity contribution in [3.05, 3.63) is 58.9 Å². The molecule has 7 heteroatoms. The highest BCUT2D eigenvalue weighted by atomic mass is 19.3. The fourth-order valence-electron chi connectivity index (χ4n) is 2.32. The van der Waals surface area contributed by atoms with E-state index in [9.17, 15) is 18.4 Å². The maximum Gasteiger partial charge on any atom is 0.387 e. The third-order valence-electron chi connectivity index (χ3n) is 3.94. The SMILES string of the molecule is Cc1cc(C(=O)COC(=O)/C=C/c2ccc(OC(F)F)cc2)c(C)n1C. The first-order valence-corrected chi connectivity index (χ1v) is 7.83. The largest absolute Gasteiger partial charge is 0.454 e. The lowest BCUT2D eigenvalue weighted by molar-refractivity contribution is -0.136. The van der Waals surface area contributed by atoms with Gasteiger partial charge >= 0.3 is 12.6 Å². The summed E-state index contributed by atoms with van der Waals surface area (Å²) in [6.07, 6.45) is 2.62. The van der Waals surface area contributed by atoms with E-state index in [1.807, 2.05) is 25.5 Å². The summed E-state index contributed by atoms with van der Waals surface area (Å²) in [4.78, 5) is 23.9. The molecule has 26 heavy (non-hydrogen) atoms. The summed E-state index contributed by atoms with van der Waals surface area (Å²) in [5.74, 6) is -0.920. The summed E-state index contributed by atoms with van der Waals surface area (Å²) in [5, 5.41) is 0. The van der Waals surface area contributed by atoms with E-state index in [2.05, 4.69) is 4.74 Å². The Morgan fingerprint density at radius 2 is 1.85 bits per heavy atom. The summed E-state index contributed by atoms with van der Waals surface area (Å²) in [7, 11) is 1.85. The molecular weight excluding hydrogens is 344 g/mol. The van der Waals surface area contributed by atoms with Crippen molar-refractivity contribution in [2.24, 2.45) is 7.05 Å². The molecule has 1 aromatic carbocycles. The Labute approximate surface area is 149 Å². The Bertz CT molecular complexity index is 823. The summed E-state index contributed by atoms with van der Waals surface area (Å²) >= 11 is 0. The second-order valence-electron chi connectivity index (χ2n) is 5.66. The van der Waals surface area contributed by atoms with E-state index >= 15 is 0 Å². The fraction of sp³-hybridized carbons (Fsp3) is 0.263. The molecule has 0 aliphatic heterocycles. The number of halogens is 2. The van der Waals surface area contributed by atoms with Gasteiger partial charge in [0.2, 0.25) is 5.78 Å². The molecule has 0 fully saturated rings. The molecule has 1 heterocycles. The predicted molar refractivity (Wildman–Crippen MR) is 92.3 cm³/mol. The van der Waals surface area contributed by atoms with E-state index in [-0.39, 0.29) is 18.1 Å². The van der Waals surface area contributed by atoms with Gasteiger partial charge in [0.25, 0.3) is 0 Å². The first kappa shape index (κ1) is 19.4. The maximum absolute atomic E-state index is 12.1. The van der Waals surface area contributed by atoms with Gasteiger partial charge in [0, 0.05) is 30.1 Å². The van der Waals surface area contributed by atoms with Crippen molar-refractivity contribution in [2.75, 3.05) is 6.61 Å². The molecule has 0 saturated carbocycles. The van der Waals surface area contributed by atoms with Crippen molar-refractivity contribution in [3.8, 4) is 5.75 Å². The van der Waals surface area contributed by atoms with Crippen LogP contribution in [0.2, 0.25) is 0 Å². The minimum Gasteiger partial charge on any atom is -0.454 e. The molecule has 1 aromatic heterocycles. The maximum atomic E-state index is 12.1. The van der Waals surface area contributed by atoms with Crippen molar-refractivity contribution in [2.45, 2.75) is 20.5 Å². The number of ether oxygens (including phenoxy) is 2. The van der Waals surface area contributed by atoms with Crippen LogP contribution in [0.3, 0.4) is 0 Å². The second kappa shape index (κ2) is 8.42. The number of rotatable bonds is 7. The van der Waals surface area contributed by atoms with Gasteiger partial charge in [0.1, 0.15) is 5.75 Å². The molecule has 0 amide bonds. The van der Waals surface area contributed by atoms with Gasteiger partial charge in [-0.2, -0.15) is 8.78 Å². The summed E-state index contributed by atoms with van der Waals surface area (Å²) in [6.45, 7) is 0.467. The number of Topliss-reactive ketones (excluding diaryl/α,β-unsaturated/α-hetero) is 1. The highest BCUT2D eigenvalue weighted by Gasteiger charge is 2.15. The molecular formula is C19H19F2NO4. The van der Waals surface area contributed by atoms with Crippen molar-refractivity contribution >= 4 is 17.8 Å². The first-order valence-electron chi connectivity index (χ1n) is 7.83. The minimum atomic E-state index is -2.89. The summed E-state index contributed by atoms with van der Waals surface area (Å²) in [5.41, 5.74) is 2.88. The van der Waals surface area contributed by atoms with Crippen molar-refractivity contribution in [1.82, 2.24) is 4.57 Å². The Morgan fingerprint density at radius 1 is 1.19 bits per heavy atom. The topological polar surface area (TPSA) is 57.5 Å².